The number of ether oxygens (including phenoxy) is 2. The Morgan fingerprint density at radius 3 is 2.89 bits per heavy atom. The second-order valence-electron chi connectivity index (χ2n) is 4.76. The van der Waals surface area contributed by atoms with Crippen molar-refractivity contribution < 1.29 is 9.47 Å². The Morgan fingerprint density at radius 2 is 2.22 bits per heavy atom. The summed E-state index contributed by atoms with van der Waals surface area (Å²) >= 11 is 0. The zero-order valence-electron chi connectivity index (χ0n) is 10.9. The molecule has 1 aromatic carbocycles. The van der Waals surface area contributed by atoms with E-state index < -0.39 is 0 Å². The van der Waals surface area contributed by atoms with Crippen molar-refractivity contribution in [1.29, 1.82) is 0 Å². The van der Waals surface area contributed by atoms with E-state index in [1.807, 2.05) is 18.2 Å². The molecule has 0 aliphatic heterocycles. The van der Waals surface area contributed by atoms with Gasteiger partial charge in [-0.2, -0.15) is 0 Å². The Kier molecular flexibility index (Phi) is 4.84. The van der Waals surface area contributed by atoms with Gasteiger partial charge in [-0.05, 0) is 30.4 Å². The van der Waals surface area contributed by atoms with Crippen LogP contribution in [0.15, 0.2) is 18.2 Å². The first-order valence-corrected chi connectivity index (χ1v) is 6.50. The lowest BCUT2D eigenvalue weighted by Gasteiger charge is -2.09. The second-order valence-corrected chi connectivity index (χ2v) is 4.76. The summed E-state index contributed by atoms with van der Waals surface area (Å²) in [7, 11) is 1.64. The number of nitrogens with two attached hydrogens (primary N) is 1. The Labute approximate surface area is 108 Å². The first-order valence-electron chi connectivity index (χ1n) is 6.50. The SMILES string of the molecule is COc1ccc(CNCCOCC2CC2)c(N)c1. The predicted molar refractivity (Wildman–Crippen MR) is 72.7 cm³/mol. The van der Waals surface area contributed by atoms with Crippen molar-refractivity contribution in [2.45, 2.75) is 19.4 Å². The molecule has 4 nitrogen and oxygen atoms in total. The summed E-state index contributed by atoms with van der Waals surface area (Å²) in [5, 5.41) is 3.33. The number of rotatable bonds is 8. The molecule has 4 heteroatoms. The fourth-order valence-electron chi connectivity index (χ4n) is 1.76. The quantitative estimate of drug-likeness (QED) is 0.545. The first-order chi connectivity index (χ1) is 8.79. The van der Waals surface area contributed by atoms with Gasteiger partial charge in [0.05, 0.1) is 13.7 Å². The molecule has 1 aromatic rings. The molecule has 0 saturated heterocycles. The molecule has 0 radical (unpaired) electrons. The summed E-state index contributed by atoms with van der Waals surface area (Å²) in [6, 6.07) is 5.77. The van der Waals surface area contributed by atoms with E-state index in [2.05, 4.69) is 5.32 Å². The van der Waals surface area contributed by atoms with E-state index in [0.29, 0.717) is 0 Å². The number of hydrogen-bond acceptors (Lipinski definition) is 4. The van der Waals surface area contributed by atoms with E-state index in [0.717, 1.165) is 49.2 Å². The molecule has 0 aromatic heterocycles. The van der Waals surface area contributed by atoms with Gasteiger partial charge in [0, 0.05) is 31.5 Å². The summed E-state index contributed by atoms with van der Waals surface area (Å²) in [5.41, 5.74) is 7.79. The molecule has 1 saturated carbocycles. The number of anilines is 1. The van der Waals surface area contributed by atoms with E-state index in [4.69, 9.17) is 15.2 Å². The van der Waals surface area contributed by atoms with Gasteiger partial charge in [-0.3, -0.25) is 0 Å². The highest BCUT2D eigenvalue weighted by molar-refractivity contribution is 5.51. The van der Waals surface area contributed by atoms with E-state index in [1.54, 1.807) is 7.11 Å². The van der Waals surface area contributed by atoms with Gasteiger partial charge >= 0.3 is 0 Å². The third-order valence-electron chi connectivity index (χ3n) is 3.14. The number of nitrogens with one attached hydrogen (secondary N) is 1. The van der Waals surface area contributed by atoms with Crippen LogP contribution in [0.4, 0.5) is 5.69 Å². The van der Waals surface area contributed by atoms with Crippen LogP contribution in [0.1, 0.15) is 18.4 Å². The summed E-state index contributed by atoms with van der Waals surface area (Å²) in [5.74, 6) is 1.63. The molecule has 0 spiro atoms. The molecular weight excluding hydrogens is 228 g/mol. The summed E-state index contributed by atoms with van der Waals surface area (Å²) in [6.07, 6.45) is 2.69. The monoisotopic (exact) mass is 250 g/mol. The van der Waals surface area contributed by atoms with Crippen LogP contribution in [0.3, 0.4) is 0 Å². The molecule has 1 fully saturated rings. The molecule has 1 aliphatic rings. The summed E-state index contributed by atoms with van der Waals surface area (Å²) in [4.78, 5) is 0. The minimum Gasteiger partial charge on any atom is -0.497 e. The van der Waals surface area contributed by atoms with Crippen LogP contribution in [0.25, 0.3) is 0 Å². The van der Waals surface area contributed by atoms with Gasteiger partial charge in [-0.25, -0.2) is 0 Å². The summed E-state index contributed by atoms with van der Waals surface area (Å²) in [6.45, 7) is 3.32. The molecule has 0 atom stereocenters. The van der Waals surface area contributed by atoms with Crippen molar-refractivity contribution in [3.8, 4) is 5.75 Å². The Morgan fingerprint density at radius 1 is 1.39 bits per heavy atom. The van der Waals surface area contributed by atoms with Gasteiger partial charge in [0.2, 0.25) is 0 Å². The van der Waals surface area contributed by atoms with Gasteiger partial charge in [0.1, 0.15) is 5.75 Å². The fourth-order valence-corrected chi connectivity index (χ4v) is 1.76. The lowest BCUT2D eigenvalue weighted by molar-refractivity contribution is 0.126. The normalized spacial score (nSPS) is 14.7. The molecule has 0 unspecified atom stereocenters. The van der Waals surface area contributed by atoms with Crippen LogP contribution >= 0.6 is 0 Å². The van der Waals surface area contributed by atoms with E-state index in [9.17, 15) is 0 Å². The molecule has 18 heavy (non-hydrogen) atoms. The van der Waals surface area contributed by atoms with Crippen LogP contribution in [0, 0.1) is 5.92 Å². The lowest BCUT2D eigenvalue weighted by atomic mass is 10.1. The van der Waals surface area contributed by atoms with Crippen LogP contribution in [-0.2, 0) is 11.3 Å². The Balaban J connectivity index is 1.62. The smallest absolute Gasteiger partial charge is 0.120 e. The van der Waals surface area contributed by atoms with Gasteiger partial charge in [0.15, 0.2) is 0 Å². The highest BCUT2D eigenvalue weighted by atomic mass is 16.5. The topological polar surface area (TPSA) is 56.5 Å². The minimum atomic E-state index is 0.765. The standard InChI is InChI=1S/C14H22N2O2/c1-17-13-5-4-12(14(15)8-13)9-16-6-7-18-10-11-2-3-11/h4-5,8,11,16H,2-3,6-7,9-10,15H2,1H3. The zero-order valence-corrected chi connectivity index (χ0v) is 10.9. The molecule has 2 rings (SSSR count). The number of nitrogen functional groups attached to an aromatic ring is 1. The van der Waals surface area contributed by atoms with E-state index >= 15 is 0 Å². The second kappa shape index (κ2) is 6.61. The van der Waals surface area contributed by atoms with Crippen molar-refractivity contribution in [3.05, 3.63) is 23.8 Å². The van der Waals surface area contributed by atoms with Crippen LogP contribution in [0.2, 0.25) is 0 Å². The van der Waals surface area contributed by atoms with Crippen molar-refractivity contribution in [3.63, 3.8) is 0 Å². The van der Waals surface area contributed by atoms with Crippen molar-refractivity contribution in [1.82, 2.24) is 5.32 Å². The number of methoxy groups -OCH3 is 1. The molecule has 0 heterocycles. The highest BCUT2D eigenvalue weighted by Crippen LogP contribution is 2.28. The minimum absolute atomic E-state index is 0.765. The molecule has 0 amide bonds. The Bertz CT molecular complexity index is 378. The third-order valence-corrected chi connectivity index (χ3v) is 3.14. The van der Waals surface area contributed by atoms with Gasteiger partial charge < -0.3 is 20.5 Å². The Hall–Kier alpha value is -1.26. The maximum atomic E-state index is 5.93. The fraction of sp³-hybridized carbons (Fsp3) is 0.571. The number of benzene rings is 1. The molecular formula is C14H22N2O2. The van der Waals surface area contributed by atoms with Gasteiger partial charge in [-0.1, -0.05) is 6.07 Å². The highest BCUT2D eigenvalue weighted by Gasteiger charge is 2.20. The lowest BCUT2D eigenvalue weighted by Crippen LogP contribution is -2.20. The largest absolute Gasteiger partial charge is 0.497 e. The molecule has 100 valence electrons. The first kappa shape index (κ1) is 13.2. The van der Waals surface area contributed by atoms with Crippen LogP contribution in [-0.4, -0.2) is 26.9 Å². The molecule has 0 bridgehead atoms. The summed E-state index contributed by atoms with van der Waals surface area (Å²) < 4.78 is 10.7. The van der Waals surface area contributed by atoms with Crippen molar-refractivity contribution in [2.75, 3.05) is 32.6 Å². The van der Waals surface area contributed by atoms with E-state index in [1.165, 1.54) is 12.8 Å². The zero-order chi connectivity index (χ0) is 12.8. The van der Waals surface area contributed by atoms with Gasteiger partial charge in [0.25, 0.3) is 0 Å². The maximum absolute atomic E-state index is 5.93. The van der Waals surface area contributed by atoms with Crippen molar-refractivity contribution >= 4 is 5.69 Å². The van der Waals surface area contributed by atoms with Crippen LogP contribution < -0.4 is 15.8 Å². The number of hydrogen-bond donors (Lipinski definition) is 2. The predicted octanol–water partition coefficient (Wildman–Crippen LogP) is 1.79. The van der Waals surface area contributed by atoms with E-state index in [-0.39, 0.29) is 0 Å². The maximum Gasteiger partial charge on any atom is 0.120 e. The van der Waals surface area contributed by atoms with Crippen LogP contribution in [0.5, 0.6) is 5.75 Å². The van der Waals surface area contributed by atoms with Crippen molar-refractivity contribution in [2.24, 2.45) is 5.92 Å². The molecule has 1 aliphatic carbocycles. The average molecular weight is 250 g/mol. The van der Waals surface area contributed by atoms with Gasteiger partial charge in [-0.15, -0.1) is 0 Å². The third kappa shape index (κ3) is 4.20. The average Bonchev–Trinajstić information content (AvgIpc) is 3.19. The molecule has 3 N–H and O–H groups in total.